The summed E-state index contributed by atoms with van der Waals surface area (Å²) in [5.74, 6) is -3.90. The second-order valence-corrected chi connectivity index (χ2v) is 10.7. The van der Waals surface area contributed by atoms with E-state index in [2.05, 4.69) is 6.92 Å². The number of esters is 1. The van der Waals surface area contributed by atoms with Gasteiger partial charge in [0.2, 0.25) is 0 Å². The van der Waals surface area contributed by atoms with E-state index in [-0.39, 0.29) is 17.8 Å². The Labute approximate surface area is 209 Å². The highest BCUT2D eigenvalue weighted by atomic mass is 19.2. The molecule has 0 bridgehead atoms. The van der Waals surface area contributed by atoms with Crippen molar-refractivity contribution in [2.75, 3.05) is 6.61 Å². The van der Waals surface area contributed by atoms with Crippen molar-refractivity contribution in [2.24, 2.45) is 17.8 Å². The van der Waals surface area contributed by atoms with Crippen LogP contribution in [0.15, 0.2) is 12.1 Å². The molecule has 6 heteroatoms. The summed E-state index contributed by atoms with van der Waals surface area (Å²) in [5, 5.41) is 0. The molecule has 2 aliphatic carbocycles. The molecule has 0 amide bonds. The van der Waals surface area contributed by atoms with Gasteiger partial charge in [0.25, 0.3) is 0 Å². The second-order valence-electron chi connectivity index (χ2n) is 10.7. The minimum Gasteiger partial charge on any atom is -0.426 e. The molecule has 0 aliphatic heterocycles. The van der Waals surface area contributed by atoms with Gasteiger partial charge in [0.05, 0.1) is 12.0 Å². The molecule has 2 aliphatic rings. The third-order valence-corrected chi connectivity index (χ3v) is 7.93. The van der Waals surface area contributed by atoms with Crippen LogP contribution in [-0.2, 0) is 9.53 Å². The van der Waals surface area contributed by atoms with Crippen LogP contribution in [0.4, 0.5) is 13.2 Å². The molecule has 0 saturated heterocycles. The minimum absolute atomic E-state index is 0.158. The summed E-state index contributed by atoms with van der Waals surface area (Å²) < 4.78 is 51.1. The van der Waals surface area contributed by atoms with Crippen molar-refractivity contribution in [1.82, 2.24) is 0 Å². The zero-order chi connectivity index (χ0) is 25.0. The highest BCUT2D eigenvalue weighted by Crippen LogP contribution is 2.34. The molecule has 2 fully saturated rings. The summed E-state index contributed by atoms with van der Waals surface area (Å²) in [5.41, 5.74) is 0. The SMILES string of the molecule is CCCCCCCCCC1CCC(COC2CCC(C(=O)Oc3cc(F)c(F)c(F)c3)CC2)CC1. The van der Waals surface area contributed by atoms with E-state index < -0.39 is 23.4 Å². The molecule has 0 spiro atoms. The van der Waals surface area contributed by atoms with Crippen LogP contribution < -0.4 is 4.74 Å². The topological polar surface area (TPSA) is 35.5 Å². The number of rotatable bonds is 13. The average molecular weight is 497 g/mol. The molecule has 1 aromatic rings. The van der Waals surface area contributed by atoms with E-state index in [0.29, 0.717) is 30.9 Å². The van der Waals surface area contributed by atoms with Gasteiger partial charge in [0, 0.05) is 18.7 Å². The lowest BCUT2D eigenvalue weighted by atomic mass is 9.80. The van der Waals surface area contributed by atoms with E-state index in [1.165, 1.54) is 77.0 Å². The van der Waals surface area contributed by atoms with E-state index in [0.717, 1.165) is 25.4 Å². The van der Waals surface area contributed by atoms with E-state index in [1.807, 2.05) is 0 Å². The van der Waals surface area contributed by atoms with Crippen LogP contribution >= 0.6 is 0 Å². The number of unbranched alkanes of at least 4 members (excludes halogenated alkanes) is 6. The first-order chi connectivity index (χ1) is 17.0. The summed E-state index contributed by atoms with van der Waals surface area (Å²) in [4.78, 5) is 12.4. The first-order valence-electron chi connectivity index (χ1n) is 13.9. The molecule has 198 valence electrons. The quantitative estimate of drug-likeness (QED) is 0.119. The van der Waals surface area contributed by atoms with Crippen molar-refractivity contribution in [3.63, 3.8) is 0 Å². The monoisotopic (exact) mass is 496 g/mol. The molecule has 0 aromatic heterocycles. The first kappa shape index (κ1) is 28.0. The fourth-order valence-corrected chi connectivity index (χ4v) is 5.60. The first-order valence-corrected chi connectivity index (χ1v) is 13.9. The lowest BCUT2D eigenvalue weighted by molar-refractivity contribution is -0.141. The van der Waals surface area contributed by atoms with Gasteiger partial charge in [-0.2, -0.15) is 0 Å². The third-order valence-electron chi connectivity index (χ3n) is 7.93. The Morgan fingerprint density at radius 2 is 1.37 bits per heavy atom. The Balaban J connectivity index is 1.25. The van der Waals surface area contributed by atoms with Gasteiger partial charge in [-0.05, 0) is 50.4 Å². The van der Waals surface area contributed by atoms with Crippen molar-refractivity contribution in [3.05, 3.63) is 29.6 Å². The summed E-state index contributed by atoms with van der Waals surface area (Å²) in [6, 6.07) is 1.41. The molecule has 0 atom stereocenters. The molecule has 0 heterocycles. The molecule has 35 heavy (non-hydrogen) atoms. The van der Waals surface area contributed by atoms with Crippen LogP contribution in [-0.4, -0.2) is 18.7 Å². The van der Waals surface area contributed by atoms with E-state index in [9.17, 15) is 18.0 Å². The fourth-order valence-electron chi connectivity index (χ4n) is 5.60. The third kappa shape index (κ3) is 9.44. The van der Waals surface area contributed by atoms with Gasteiger partial charge in [0.1, 0.15) is 5.75 Å². The fraction of sp³-hybridized carbons (Fsp3) is 0.759. The van der Waals surface area contributed by atoms with Crippen LogP contribution in [0.2, 0.25) is 0 Å². The molecule has 3 rings (SSSR count). The number of carbonyl (C=O) groups is 1. The maximum Gasteiger partial charge on any atom is 0.314 e. The molecule has 0 radical (unpaired) electrons. The van der Waals surface area contributed by atoms with Crippen molar-refractivity contribution < 1.29 is 27.4 Å². The van der Waals surface area contributed by atoms with Crippen molar-refractivity contribution in [3.8, 4) is 5.75 Å². The Morgan fingerprint density at radius 1 is 0.800 bits per heavy atom. The second kappa shape index (κ2) is 14.9. The molecule has 1 aromatic carbocycles. The summed E-state index contributed by atoms with van der Waals surface area (Å²) in [7, 11) is 0. The summed E-state index contributed by atoms with van der Waals surface area (Å²) >= 11 is 0. The van der Waals surface area contributed by atoms with Gasteiger partial charge >= 0.3 is 5.97 Å². The lowest BCUT2D eigenvalue weighted by Crippen LogP contribution is -2.30. The Bertz CT molecular complexity index is 745. The number of benzene rings is 1. The van der Waals surface area contributed by atoms with Crippen LogP contribution in [0.1, 0.15) is 110 Å². The van der Waals surface area contributed by atoms with Gasteiger partial charge in [-0.1, -0.05) is 71.1 Å². The van der Waals surface area contributed by atoms with Crippen LogP contribution in [0.3, 0.4) is 0 Å². The predicted molar refractivity (Wildman–Crippen MR) is 132 cm³/mol. The molecule has 3 nitrogen and oxygen atoms in total. The molecular weight excluding hydrogens is 453 g/mol. The Morgan fingerprint density at radius 3 is 2.00 bits per heavy atom. The maximum atomic E-state index is 13.3. The van der Waals surface area contributed by atoms with E-state index in [4.69, 9.17) is 9.47 Å². The summed E-state index contributed by atoms with van der Waals surface area (Å²) in [6.45, 7) is 3.07. The number of hydrogen-bond acceptors (Lipinski definition) is 3. The van der Waals surface area contributed by atoms with Crippen molar-refractivity contribution >= 4 is 5.97 Å². The van der Waals surface area contributed by atoms with Gasteiger partial charge < -0.3 is 9.47 Å². The van der Waals surface area contributed by atoms with Crippen molar-refractivity contribution in [2.45, 2.75) is 116 Å². The number of halogens is 3. The molecular formula is C29H43F3O3. The Kier molecular flexibility index (Phi) is 11.9. The predicted octanol–water partition coefficient (Wildman–Crippen LogP) is 8.53. The molecule has 0 unspecified atom stereocenters. The Hall–Kier alpha value is -1.56. The zero-order valence-corrected chi connectivity index (χ0v) is 21.3. The van der Waals surface area contributed by atoms with E-state index in [1.54, 1.807) is 0 Å². The molecule has 2 saturated carbocycles. The summed E-state index contributed by atoms with van der Waals surface area (Å²) in [6.07, 6.45) is 19.2. The van der Waals surface area contributed by atoms with Gasteiger partial charge in [-0.15, -0.1) is 0 Å². The largest absolute Gasteiger partial charge is 0.426 e. The van der Waals surface area contributed by atoms with E-state index >= 15 is 0 Å². The average Bonchev–Trinajstić information content (AvgIpc) is 2.86. The highest BCUT2D eigenvalue weighted by Gasteiger charge is 2.29. The lowest BCUT2D eigenvalue weighted by Gasteiger charge is -2.31. The highest BCUT2D eigenvalue weighted by molar-refractivity contribution is 5.75. The smallest absolute Gasteiger partial charge is 0.314 e. The van der Waals surface area contributed by atoms with Gasteiger partial charge in [-0.25, -0.2) is 13.2 Å². The minimum atomic E-state index is -1.57. The van der Waals surface area contributed by atoms with Gasteiger partial charge in [0.15, 0.2) is 17.5 Å². The van der Waals surface area contributed by atoms with Gasteiger partial charge in [-0.3, -0.25) is 4.79 Å². The normalized spacial score (nSPS) is 24.9. The number of carbonyl (C=O) groups excluding carboxylic acids is 1. The van der Waals surface area contributed by atoms with Crippen molar-refractivity contribution in [1.29, 1.82) is 0 Å². The molecule has 0 N–H and O–H groups in total. The number of ether oxygens (including phenoxy) is 2. The van der Waals surface area contributed by atoms with Crippen LogP contribution in [0, 0.1) is 35.2 Å². The van der Waals surface area contributed by atoms with Crippen LogP contribution in [0.25, 0.3) is 0 Å². The zero-order valence-electron chi connectivity index (χ0n) is 21.3. The standard InChI is InChI=1S/C29H43F3O3/c1-2-3-4-5-6-7-8-9-21-10-12-22(13-11-21)20-34-24-16-14-23(15-17-24)29(33)35-25-18-26(30)28(32)27(31)19-25/h18-19,21-24H,2-17,20H2,1H3. The number of hydrogen-bond donors (Lipinski definition) is 0. The van der Waals surface area contributed by atoms with Crippen LogP contribution in [0.5, 0.6) is 5.75 Å². The maximum absolute atomic E-state index is 13.3.